The van der Waals surface area contributed by atoms with Crippen LogP contribution in [0.4, 0.5) is 0 Å². The lowest BCUT2D eigenvalue weighted by Crippen LogP contribution is -2.01. The van der Waals surface area contributed by atoms with Gasteiger partial charge in [0.1, 0.15) is 12.4 Å². The van der Waals surface area contributed by atoms with Crippen LogP contribution in [0.3, 0.4) is 0 Å². The quantitative estimate of drug-likeness (QED) is 0.414. The van der Waals surface area contributed by atoms with E-state index >= 15 is 0 Å². The van der Waals surface area contributed by atoms with Gasteiger partial charge in [0.25, 0.3) is 0 Å². The molecule has 4 aromatic rings. The lowest BCUT2D eigenvalue weighted by Gasteiger charge is -2.14. The van der Waals surface area contributed by atoms with Gasteiger partial charge >= 0.3 is 5.97 Å². The molecule has 0 fully saturated rings. The monoisotopic (exact) mass is 412 g/mol. The van der Waals surface area contributed by atoms with E-state index in [1.807, 2.05) is 48.5 Å². The molecule has 0 saturated carbocycles. The van der Waals surface area contributed by atoms with Crippen molar-refractivity contribution >= 4 is 16.7 Å². The Morgan fingerprint density at radius 1 is 0.903 bits per heavy atom. The Bertz CT molecular complexity index is 1240. The molecule has 4 aromatic carbocycles. The predicted octanol–water partition coefficient (Wildman–Crippen LogP) is 5.89. The molecule has 156 valence electrons. The van der Waals surface area contributed by atoms with Crippen LogP contribution in [0.2, 0.25) is 0 Å². The molecular weight excluding hydrogens is 388 g/mol. The Morgan fingerprint density at radius 2 is 1.61 bits per heavy atom. The second-order valence-corrected chi connectivity index (χ2v) is 7.73. The number of hydrogen-bond donors (Lipinski definition) is 2. The Morgan fingerprint density at radius 3 is 2.26 bits per heavy atom. The molecule has 4 heteroatoms. The van der Waals surface area contributed by atoms with Crippen molar-refractivity contribution in [3.8, 4) is 16.9 Å². The molecule has 0 unspecified atom stereocenters. The Hall–Kier alpha value is -3.63. The second kappa shape index (κ2) is 8.62. The number of aryl methyl sites for hydroxylation is 2. The van der Waals surface area contributed by atoms with Crippen molar-refractivity contribution in [1.29, 1.82) is 0 Å². The number of hydrogen-bond acceptors (Lipinski definition) is 3. The number of benzene rings is 4. The zero-order chi connectivity index (χ0) is 22.0. The summed E-state index contributed by atoms with van der Waals surface area (Å²) in [5.74, 6) is -0.281. The summed E-state index contributed by atoms with van der Waals surface area (Å²) >= 11 is 0. The predicted molar refractivity (Wildman–Crippen MR) is 123 cm³/mol. The number of carboxylic acid groups (broad SMARTS) is 1. The molecule has 31 heavy (non-hydrogen) atoms. The third-order valence-electron chi connectivity index (χ3n) is 5.65. The largest absolute Gasteiger partial charge is 0.489 e. The molecule has 0 aliphatic carbocycles. The molecule has 0 radical (unpaired) electrons. The minimum absolute atomic E-state index is 0.0305. The molecule has 0 aliphatic rings. The van der Waals surface area contributed by atoms with Crippen LogP contribution in [-0.2, 0) is 13.2 Å². The van der Waals surface area contributed by atoms with Gasteiger partial charge in [0.05, 0.1) is 12.2 Å². The standard InChI is InChI=1S/C27H24O4/c1-17-4-3-5-18(2)26(17)16-31-23-10-11-24-21(13-23)12-22(27(29)30)14-25(24)20-8-6-19(15-28)7-9-20/h3-14,28H,15-16H2,1-2H3,(H,29,30). The van der Waals surface area contributed by atoms with Crippen LogP contribution in [0.1, 0.15) is 32.6 Å². The minimum Gasteiger partial charge on any atom is -0.489 e. The third-order valence-corrected chi connectivity index (χ3v) is 5.65. The van der Waals surface area contributed by atoms with Crippen molar-refractivity contribution in [1.82, 2.24) is 0 Å². The van der Waals surface area contributed by atoms with Crippen LogP contribution in [0, 0.1) is 13.8 Å². The summed E-state index contributed by atoms with van der Waals surface area (Å²) in [6.45, 7) is 4.56. The molecule has 0 amide bonds. The van der Waals surface area contributed by atoms with E-state index in [1.165, 1.54) is 11.1 Å². The molecule has 0 bridgehead atoms. The van der Waals surface area contributed by atoms with Gasteiger partial charge in [0.15, 0.2) is 0 Å². The molecule has 0 saturated heterocycles. The first kappa shape index (κ1) is 20.6. The molecule has 2 N–H and O–H groups in total. The lowest BCUT2D eigenvalue weighted by atomic mass is 9.95. The summed E-state index contributed by atoms with van der Waals surface area (Å²) in [6, 6.07) is 22.8. The maximum atomic E-state index is 11.7. The number of rotatable bonds is 6. The molecule has 0 atom stereocenters. The fourth-order valence-corrected chi connectivity index (χ4v) is 3.82. The van der Waals surface area contributed by atoms with Gasteiger partial charge in [-0.25, -0.2) is 4.79 Å². The number of carboxylic acids is 1. The van der Waals surface area contributed by atoms with Gasteiger partial charge in [0, 0.05) is 0 Å². The van der Waals surface area contributed by atoms with E-state index < -0.39 is 5.97 Å². The van der Waals surface area contributed by atoms with Gasteiger partial charge in [0.2, 0.25) is 0 Å². The molecule has 4 rings (SSSR count). The highest BCUT2D eigenvalue weighted by Crippen LogP contribution is 2.33. The zero-order valence-corrected chi connectivity index (χ0v) is 17.6. The van der Waals surface area contributed by atoms with Crippen molar-refractivity contribution in [2.45, 2.75) is 27.1 Å². The Kier molecular flexibility index (Phi) is 5.74. The highest BCUT2D eigenvalue weighted by molar-refractivity contribution is 6.03. The van der Waals surface area contributed by atoms with Crippen LogP contribution in [0.5, 0.6) is 5.75 Å². The van der Waals surface area contributed by atoms with Gasteiger partial charge in [-0.3, -0.25) is 0 Å². The van der Waals surface area contributed by atoms with E-state index in [1.54, 1.807) is 12.1 Å². The van der Waals surface area contributed by atoms with Gasteiger partial charge in [-0.2, -0.15) is 0 Å². The molecule has 0 aromatic heterocycles. The van der Waals surface area contributed by atoms with E-state index in [0.29, 0.717) is 12.4 Å². The van der Waals surface area contributed by atoms with Gasteiger partial charge in [-0.05, 0) is 82.3 Å². The van der Waals surface area contributed by atoms with E-state index in [9.17, 15) is 15.0 Å². The number of fused-ring (bicyclic) bond motifs is 1. The fourth-order valence-electron chi connectivity index (χ4n) is 3.82. The van der Waals surface area contributed by atoms with Gasteiger partial charge in [-0.15, -0.1) is 0 Å². The number of ether oxygens (including phenoxy) is 1. The van der Waals surface area contributed by atoms with Crippen LogP contribution >= 0.6 is 0 Å². The van der Waals surface area contributed by atoms with E-state index in [0.717, 1.165) is 33.0 Å². The van der Waals surface area contributed by atoms with Crippen molar-refractivity contribution in [2.75, 3.05) is 0 Å². The Balaban J connectivity index is 1.73. The summed E-state index contributed by atoms with van der Waals surface area (Å²) in [5.41, 5.74) is 6.29. The highest BCUT2D eigenvalue weighted by Gasteiger charge is 2.12. The van der Waals surface area contributed by atoms with Crippen LogP contribution in [0.25, 0.3) is 21.9 Å². The van der Waals surface area contributed by atoms with Crippen LogP contribution in [0.15, 0.2) is 72.8 Å². The number of aromatic carboxylic acids is 1. The summed E-state index contributed by atoms with van der Waals surface area (Å²) in [7, 11) is 0. The van der Waals surface area contributed by atoms with E-state index in [2.05, 4.69) is 26.0 Å². The number of aliphatic hydroxyl groups is 1. The Labute approximate surface area is 181 Å². The summed E-state index contributed by atoms with van der Waals surface area (Å²) < 4.78 is 6.06. The lowest BCUT2D eigenvalue weighted by molar-refractivity contribution is 0.0697. The first-order chi connectivity index (χ1) is 15.0. The molecule has 0 aliphatic heterocycles. The molecule has 0 spiro atoms. The average Bonchev–Trinajstić information content (AvgIpc) is 2.78. The van der Waals surface area contributed by atoms with Crippen molar-refractivity contribution in [2.24, 2.45) is 0 Å². The summed E-state index contributed by atoms with van der Waals surface area (Å²) in [5, 5.41) is 20.7. The molecule has 0 heterocycles. The highest BCUT2D eigenvalue weighted by atomic mass is 16.5. The van der Waals surface area contributed by atoms with Crippen molar-refractivity contribution in [3.05, 3.63) is 101 Å². The summed E-state index contributed by atoms with van der Waals surface area (Å²) in [4.78, 5) is 11.7. The van der Waals surface area contributed by atoms with Crippen LogP contribution in [-0.4, -0.2) is 16.2 Å². The maximum Gasteiger partial charge on any atom is 0.335 e. The zero-order valence-electron chi connectivity index (χ0n) is 17.6. The maximum absolute atomic E-state index is 11.7. The first-order valence-corrected chi connectivity index (χ1v) is 10.2. The van der Waals surface area contributed by atoms with Crippen LogP contribution < -0.4 is 4.74 Å². The second-order valence-electron chi connectivity index (χ2n) is 7.73. The topological polar surface area (TPSA) is 66.8 Å². The molecular formula is C27H24O4. The van der Waals surface area contributed by atoms with Crippen molar-refractivity contribution < 1.29 is 19.7 Å². The fraction of sp³-hybridized carbons (Fsp3) is 0.148. The van der Waals surface area contributed by atoms with Crippen molar-refractivity contribution in [3.63, 3.8) is 0 Å². The van der Waals surface area contributed by atoms with Gasteiger partial charge in [-0.1, -0.05) is 48.5 Å². The smallest absolute Gasteiger partial charge is 0.335 e. The number of aliphatic hydroxyl groups excluding tert-OH is 1. The minimum atomic E-state index is -0.975. The summed E-state index contributed by atoms with van der Waals surface area (Å²) in [6.07, 6.45) is 0. The SMILES string of the molecule is Cc1cccc(C)c1COc1ccc2c(-c3ccc(CO)cc3)cc(C(=O)O)cc2c1. The molecule has 4 nitrogen and oxygen atoms in total. The normalized spacial score (nSPS) is 10.9. The number of carbonyl (C=O) groups is 1. The van der Waals surface area contributed by atoms with E-state index in [-0.39, 0.29) is 12.2 Å². The van der Waals surface area contributed by atoms with Gasteiger partial charge < -0.3 is 14.9 Å². The first-order valence-electron chi connectivity index (χ1n) is 10.2. The average molecular weight is 412 g/mol. The third kappa shape index (κ3) is 4.30. The van der Waals surface area contributed by atoms with E-state index in [4.69, 9.17) is 4.74 Å².